The number of hydrogen-bond acceptors (Lipinski definition) is 2. The van der Waals surface area contributed by atoms with Gasteiger partial charge in [-0.25, -0.2) is 0 Å². The van der Waals surface area contributed by atoms with Crippen molar-refractivity contribution in [1.29, 1.82) is 0 Å². The second kappa shape index (κ2) is 11.4. The quantitative estimate of drug-likeness (QED) is 0.262. The predicted octanol–water partition coefficient (Wildman–Crippen LogP) is 3.43. The van der Waals surface area contributed by atoms with Gasteiger partial charge < -0.3 is 15.5 Å². The maximum Gasteiger partial charge on any atom is 0.390 e. The van der Waals surface area contributed by atoms with Crippen molar-refractivity contribution in [2.24, 2.45) is 4.99 Å². The van der Waals surface area contributed by atoms with E-state index in [0.717, 1.165) is 0 Å². The molecule has 0 bridgehead atoms. The second-order valence-electron chi connectivity index (χ2n) is 6.17. The molecule has 5 nitrogen and oxygen atoms in total. The van der Waals surface area contributed by atoms with Crippen molar-refractivity contribution in [2.75, 3.05) is 19.6 Å². The summed E-state index contributed by atoms with van der Waals surface area (Å²) in [7, 11) is 0. The molecule has 0 radical (unpaired) electrons. The van der Waals surface area contributed by atoms with E-state index in [1.807, 2.05) is 36.1 Å². The summed E-state index contributed by atoms with van der Waals surface area (Å²) < 4.78 is 36.6. The van der Waals surface area contributed by atoms with E-state index >= 15 is 0 Å². The Hall–Kier alpha value is -1.52. The minimum absolute atomic E-state index is 0. The van der Waals surface area contributed by atoms with Crippen molar-refractivity contribution >= 4 is 35.8 Å². The van der Waals surface area contributed by atoms with Crippen LogP contribution in [-0.4, -0.2) is 42.6 Å². The molecule has 0 saturated heterocycles. The summed E-state index contributed by atoms with van der Waals surface area (Å²) in [6.45, 7) is 3.84. The molecule has 0 atom stereocenters. The summed E-state index contributed by atoms with van der Waals surface area (Å²) in [5.74, 6) is 0.421. The average Bonchev–Trinajstić information content (AvgIpc) is 3.01. The number of carbonyl (C=O) groups excluding carboxylic acids is 1. The summed E-state index contributed by atoms with van der Waals surface area (Å²) in [6, 6.07) is 8.00. The van der Waals surface area contributed by atoms with Crippen LogP contribution in [0.5, 0.6) is 0 Å². The van der Waals surface area contributed by atoms with Crippen LogP contribution in [0.25, 0.3) is 0 Å². The number of benzene rings is 1. The fourth-order valence-electron chi connectivity index (χ4n) is 2.75. The van der Waals surface area contributed by atoms with Crippen molar-refractivity contribution in [3.05, 3.63) is 35.4 Å². The fourth-order valence-corrected chi connectivity index (χ4v) is 2.75. The van der Waals surface area contributed by atoms with Gasteiger partial charge in [-0.2, -0.15) is 13.2 Å². The lowest BCUT2D eigenvalue weighted by atomic mass is 10.1. The van der Waals surface area contributed by atoms with Gasteiger partial charge in [-0.1, -0.05) is 24.3 Å². The molecule has 2 rings (SSSR count). The molecule has 0 aromatic heterocycles. The molecule has 1 aromatic carbocycles. The van der Waals surface area contributed by atoms with Gasteiger partial charge in [0.15, 0.2) is 5.96 Å². The molecular weight excluding hydrogens is 472 g/mol. The number of rotatable bonds is 7. The Kier molecular flexibility index (Phi) is 9.89. The number of nitrogens with one attached hydrogen (secondary N) is 2. The van der Waals surface area contributed by atoms with Crippen molar-refractivity contribution in [2.45, 2.75) is 45.5 Å². The topological polar surface area (TPSA) is 56.7 Å². The third kappa shape index (κ3) is 8.35. The Labute approximate surface area is 174 Å². The first-order valence-corrected chi connectivity index (χ1v) is 8.82. The van der Waals surface area contributed by atoms with E-state index in [4.69, 9.17) is 0 Å². The molecule has 2 N–H and O–H groups in total. The Morgan fingerprint density at radius 2 is 1.81 bits per heavy atom. The van der Waals surface area contributed by atoms with Crippen molar-refractivity contribution in [3.63, 3.8) is 0 Å². The van der Waals surface area contributed by atoms with Gasteiger partial charge in [0.25, 0.3) is 0 Å². The highest BCUT2D eigenvalue weighted by molar-refractivity contribution is 14.0. The van der Waals surface area contributed by atoms with Crippen molar-refractivity contribution in [3.8, 4) is 0 Å². The molecule has 0 saturated carbocycles. The number of halogens is 4. The zero-order valence-electron chi connectivity index (χ0n) is 15.3. The molecular formula is C18H26F3IN4O. The van der Waals surface area contributed by atoms with Crippen LogP contribution in [0.3, 0.4) is 0 Å². The first kappa shape index (κ1) is 23.5. The standard InChI is InChI=1S/C18H25F3N4O.HI/c1-2-22-17(24-11-9-18(19,20)21)23-10-5-8-16(26)25-12-14-6-3-4-7-15(14)13-25;/h3-4,6-7H,2,5,8-13H2,1H3,(H2,22,23,24);1H. The maximum atomic E-state index is 12.3. The zero-order chi connectivity index (χ0) is 19.0. The first-order valence-electron chi connectivity index (χ1n) is 8.82. The molecule has 1 aliphatic rings. The molecule has 0 spiro atoms. The largest absolute Gasteiger partial charge is 0.390 e. The van der Waals surface area contributed by atoms with E-state index in [0.29, 0.717) is 45.0 Å². The second-order valence-corrected chi connectivity index (χ2v) is 6.17. The molecule has 1 aliphatic heterocycles. The van der Waals surface area contributed by atoms with Crippen LogP contribution in [0.1, 0.15) is 37.3 Å². The van der Waals surface area contributed by atoms with E-state index in [1.165, 1.54) is 11.1 Å². The average molecular weight is 498 g/mol. The van der Waals surface area contributed by atoms with Crippen LogP contribution in [0.15, 0.2) is 29.3 Å². The lowest BCUT2D eigenvalue weighted by molar-refractivity contribution is -0.133. The number of amides is 1. The number of carbonyl (C=O) groups is 1. The van der Waals surface area contributed by atoms with Gasteiger partial charge in [0.05, 0.1) is 6.42 Å². The monoisotopic (exact) mass is 498 g/mol. The highest BCUT2D eigenvalue weighted by Crippen LogP contribution is 2.23. The van der Waals surface area contributed by atoms with Gasteiger partial charge in [-0.15, -0.1) is 24.0 Å². The fraction of sp³-hybridized carbons (Fsp3) is 0.556. The molecule has 0 fully saturated rings. The Morgan fingerprint density at radius 1 is 1.19 bits per heavy atom. The van der Waals surface area contributed by atoms with Crippen molar-refractivity contribution in [1.82, 2.24) is 15.5 Å². The number of nitrogens with zero attached hydrogens (tertiary/aromatic N) is 2. The van der Waals surface area contributed by atoms with Gasteiger partial charge in [0, 0.05) is 39.1 Å². The van der Waals surface area contributed by atoms with Gasteiger partial charge >= 0.3 is 6.18 Å². The van der Waals surface area contributed by atoms with Gasteiger partial charge in [0.2, 0.25) is 5.91 Å². The number of aliphatic imine (C=N–C) groups is 1. The van der Waals surface area contributed by atoms with Crippen LogP contribution in [0.4, 0.5) is 13.2 Å². The van der Waals surface area contributed by atoms with Gasteiger partial charge in [0.1, 0.15) is 0 Å². The third-order valence-electron chi connectivity index (χ3n) is 4.06. The maximum absolute atomic E-state index is 12.3. The minimum Gasteiger partial charge on any atom is -0.357 e. The van der Waals surface area contributed by atoms with E-state index in [9.17, 15) is 18.0 Å². The lowest BCUT2D eigenvalue weighted by Crippen LogP contribution is -2.39. The number of fused-ring (bicyclic) bond motifs is 1. The Morgan fingerprint density at radius 3 is 2.37 bits per heavy atom. The highest BCUT2D eigenvalue weighted by atomic mass is 127. The third-order valence-corrected chi connectivity index (χ3v) is 4.06. The van der Waals surface area contributed by atoms with E-state index in [-0.39, 0.29) is 36.4 Å². The molecule has 0 unspecified atom stereocenters. The van der Waals surface area contributed by atoms with E-state index < -0.39 is 12.6 Å². The lowest BCUT2D eigenvalue weighted by Gasteiger charge is -2.15. The normalized spacial score (nSPS) is 13.8. The van der Waals surface area contributed by atoms with Gasteiger partial charge in [-0.3, -0.25) is 9.79 Å². The molecule has 0 aliphatic carbocycles. The van der Waals surface area contributed by atoms with E-state index in [1.54, 1.807) is 0 Å². The van der Waals surface area contributed by atoms with Crippen LogP contribution in [0.2, 0.25) is 0 Å². The van der Waals surface area contributed by atoms with Gasteiger partial charge in [-0.05, 0) is 24.5 Å². The van der Waals surface area contributed by atoms with Crippen molar-refractivity contribution < 1.29 is 18.0 Å². The Bertz CT molecular complexity index is 612. The van der Waals surface area contributed by atoms with E-state index in [2.05, 4.69) is 15.6 Å². The summed E-state index contributed by atoms with van der Waals surface area (Å²) >= 11 is 0. The van der Waals surface area contributed by atoms with Crippen LogP contribution in [0, 0.1) is 0 Å². The number of guanidine groups is 1. The molecule has 1 amide bonds. The molecule has 1 aromatic rings. The summed E-state index contributed by atoms with van der Waals surface area (Å²) in [4.78, 5) is 18.3. The SMILES string of the molecule is CCNC(=NCCCC(=O)N1Cc2ccccc2C1)NCCC(F)(F)F.I. The summed E-state index contributed by atoms with van der Waals surface area (Å²) in [5.41, 5.74) is 2.37. The Balaban J connectivity index is 0.00000364. The van der Waals surface area contributed by atoms with Crippen LogP contribution < -0.4 is 10.6 Å². The highest BCUT2D eigenvalue weighted by Gasteiger charge is 2.26. The number of alkyl halides is 3. The predicted molar refractivity (Wildman–Crippen MR) is 110 cm³/mol. The molecule has 152 valence electrons. The number of hydrogen-bond donors (Lipinski definition) is 2. The minimum atomic E-state index is -4.19. The summed E-state index contributed by atoms with van der Waals surface area (Å²) in [5, 5.41) is 5.56. The molecule has 1 heterocycles. The molecule has 9 heteroatoms. The van der Waals surface area contributed by atoms with Crippen LogP contribution in [-0.2, 0) is 17.9 Å². The zero-order valence-corrected chi connectivity index (χ0v) is 17.6. The smallest absolute Gasteiger partial charge is 0.357 e. The first-order chi connectivity index (χ1) is 12.4. The molecule has 27 heavy (non-hydrogen) atoms. The van der Waals surface area contributed by atoms with Crippen LogP contribution >= 0.6 is 24.0 Å². The summed E-state index contributed by atoms with van der Waals surface area (Å²) in [6.07, 6.45) is -4.17.